The van der Waals surface area contributed by atoms with Crippen molar-refractivity contribution >= 4 is 0 Å². The number of aromatic nitrogens is 1. The molecule has 100 valence electrons. The molecule has 3 heteroatoms. The van der Waals surface area contributed by atoms with Crippen LogP contribution in [0.5, 0.6) is 0 Å². The van der Waals surface area contributed by atoms with Crippen molar-refractivity contribution < 1.29 is 0 Å². The number of nitrogens with zero attached hydrogens (tertiary/aromatic N) is 2. The summed E-state index contributed by atoms with van der Waals surface area (Å²) < 4.78 is 0. The average Bonchev–Trinajstić information content (AvgIpc) is 3.07. The molecule has 0 spiro atoms. The van der Waals surface area contributed by atoms with Crippen molar-refractivity contribution in [3.05, 3.63) is 29.6 Å². The van der Waals surface area contributed by atoms with Crippen molar-refractivity contribution in [1.29, 1.82) is 5.26 Å². The Kier molecular flexibility index (Phi) is 3.52. The molecule has 4 atom stereocenters. The van der Waals surface area contributed by atoms with Gasteiger partial charge < -0.3 is 5.32 Å². The zero-order valence-corrected chi connectivity index (χ0v) is 11.5. The van der Waals surface area contributed by atoms with Crippen LogP contribution in [0.3, 0.4) is 0 Å². The molecule has 2 aliphatic carbocycles. The molecule has 1 aromatic rings. The van der Waals surface area contributed by atoms with Crippen LogP contribution in [0.15, 0.2) is 18.3 Å². The molecule has 0 radical (unpaired) electrons. The normalized spacial score (nSPS) is 30.2. The first-order chi connectivity index (χ1) is 9.28. The van der Waals surface area contributed by atoms with Crippen molar-refractivity contribution in [3.8, 4) is 6.07 Å². The van der Waals surface area contributed by atoms with E-state index >= 15 is 0 Å². The Balaban J connectivity index is 1.59. The van der Waals surface area contributed by atoms with Gasteiger partial charge in [0.1, 0.15) is 11.8 Å². The maximum Gasteiger partial charge on any atom is 0.144 e. The fraction of sp³-hybridized carbons (Fsp3) is 0.625. The van der Waals surface area contributed by atoms with Crippen LogP contribution in [-0.2, 0) is 6.54 Å². The minimum absolute atomic E-state index is 0.544. The molecule has 2 aliphatic rings. The van der Waals surface area contributed by atoms with E-state index in [1.54, 1.807) is 6.20 Å². The average molecular weight is 255 g/mol. The zero-order valence-electron chi connectivity index (χ0n) is 11.5. The molecule has 1 heterocycles. The summed E-state index contributed by atoms with van der Waals surface area (Å²) in [5.74, 6) is 2.77. The third-order valence-corrected chi connectivity index (χ3v) is 5.05. The summed E-state index contributed by atoms with van der Waals surface area (Å²) in [6.45, 7) is 3.06. The van der Waals surface area contributed by atoms with Crippen molar-refractivity contribution in [2.24, 2.45) is 17.8 Å². The lowest BCUT2D eigenvalue weighted by molar-refractivity contribution is 0.259. The Morgan fingerprint density at radius 2 is 2.37 bits per heavy atom. The minimum atomic E-state index is 0.544. The van der Waals surface area contributed by atoms with E-state index in [0.717, 1.165) is 29.9 Å². The van der Waals surface area contributed by atoms with Gasteiger partial charge in [0.2, 0.25) is 0 Å². The molecule has 3 rings (SSSR count). The van der Waals surface area contributed by atoms with Crippen LogP contribution in [-0.4, -0.2) is 11.0 Å². The summed E-state index contributed by atoms with van der Waals surface area (Å²) in [4.78, 5) is 4.11. The van der Waals surface area contributed by atoms with Crippen LogP contribution in [0, 0.1) is 29.1 Å². The highest BCUT2D eigenvalue weighted by Gasteiger charge is 2.41. The molecule has 1 aromatic heterocycles. The Labute approximate surface area is 115 Å². The molecule has 0 aliphatic heterocycles. The van der Waals surface area contributed by atoms with E-state index in [-0.39, 0.29) is 0 Å². The molecule has 2 fully saturated rings. The van der Waals surface area contributed by atoms with Gasteiger partial charge in [-0.05, 0) is 50.0 Å². The van der Waals surface area contributed by atoms with Crippen LogP contribution in [0.4, 0.5) is 0 Å². The third-order valence-electron chi connectivity index (χ3n) is 5.05. The van der Waals surface area contributed by atoms with Gasteiger partial charge in [0.25, 0.3) is 0 Å². The van der Waals surface area contributed by atoms with E-state index in [4.69, 9.17) is 5.26 Å². The second kappa shape index (κ2) is 5.30. The van der Waals surface area contributed by atoms with Crippen molar-refractivity contribution in [2.45, 2.75) is 45.2 Å². The van der Waals surface area contributed by atoms with E-state index < -0.39 is 0 Å². The van der Waals surface area contributed by atoms with Crippen LogP contribution in [0.1, 0.15) is 43.9 Å². The summed E-state index contributed by atoms with van der Waals surface area (Å²) in [6, 6.07) is 6.60. The number of nitriles is 1. The predicted molar refractivity (Wildman–Crippen MR) is 74.2 cm³/mol. The van der Waals surface area contributed by atoms with Crippen LogP contribution >= 0.6 is 0 Å². The summed E-state index contributed by atoms with van der Waals surface area (Å²) in [7, 11) is 0. The second-order valence-electron chi connectivity index (χ2n) is 6.13. The monoisotopic (exact) mass is 255 g/mol. The molecule has 2 bridgehead atoms. The highest BCUT2D eigenvalue weighted by atomic mass is 14.9. The van der Waals surface area contributed by atoms with Crippen LogP contribution < -0.4 is 5.32 Å². The number of hydrogen-bond donors (Lipinski definition) is 1. The number of rotatable bonds is 4. The SMILES string of the molecule is CC(NCc1cccnc1C#N)C1CC2CCC1C2. The molecule has 4 unspecified atom stereocenters. The maximum atomic E-state index is 9.04. The Morgan fingerprint density at radius 3 is 3.05 bits per heavy atom. The van der Waals surface area contributed by atoms with Gasteiger partial charge in [-0.1, -0.05) is 12.5 Å². The first kappa shape index (κ1) is 12.6. The Hall–Kier alpha value is -1.40. The van der Waals surface area contributed by atoms with Crippen LogP contribution in [0.2, 0.25) is 0 Å². The van der Waals surface area contributed by atoms with Gasteiger partial charge in [0.05, 0.1) is 0 Å². The van der Waals surface area contributed by atoms with Gasteiger partial charge in [-0.2, -0.15) is 5.26 Å². The lowest BCUT2D eigenvalue weighted by Gasteiger charge is -2.28. The topological polar surface area (TPSA) is 48.7 Å². The summed E-state index contributed by atoms with van der Waals surface area (Å²) in [6.07, 6.45) is 7.41. The predicted octanol–water partition coefficient (Wildman–Crippen LogP) is 2.87. The van der Waals surface area contributed by atoms with Gasteiger partial charge in [-0.25, -0.2) is 4.98 Å². The minimum Gasteiger partial charge on any atom is -0.310 e. The molecule has 0 aromatic carbocycles. The van der Waals surface area contributed by atoms with E-state index in [9.17, 15) is 0 Å². The van der Waals surface area contributed by atoms with Gasteiger partial charge in [-0.15, -0.1) is 0 Å². The summed E-state index contributed by atoms with van der Waals surface area (Å²) in [5, 5.41) is 12.7. The lowest BCUT2D eigenvalue weighted by Crippen LogP contribution is -2.36. The summed E-state index contributed by atoms with van der Waals surface area (Å²) >= 11 is 0. The zero-order chi connectivity index (χ0) is 13.2. The molecular weight excluding hydrogens is 234 g/mol. The molecular formula is C16H21N3. The maximum absolute atomic E-state index is 9.04. The van der Waals surface area contributed by atoms with E-state index in [1.165, 1.54) is 25.7 Å². The molecule has 0 saturated heterocycles. The molecule has 3 nitrogen and oxygen atoms in total. The Bertz CT molecular complexity index is 491. The fourth-order valence-electron chi connectivity index (χ4n) is 4.01. The third kappa shape index (κ3) is 2.50. The van der Waals surface area contributed by atoms with Gasteiger partial charge in [-0.3, -0.25) is 0 Å². The molecule has 2 saturated carbocycles. The lowest BCUT2D eigenvalue weighted by atomic mass is 9.84. The first-order valence-electron chi connectivity index (χ1n) is 7.35. The van der Waals surface area contributed by atoms with Crippen molar-refractivity contribution in [3.63, 3.8) is 0 Å². The van der Waals surface area contributed by atoms with Crippen molar-refractivity contribution in [2.75, 3.05) is 0 Å². The summed E-state index contributed by atoms with van der Waals surface area (Å²) in [5.41, 5.74) is 1.56. The second-order valence-corrected chi connectivity index (χ2v) is 6.13. The highest BCUT2D eigenvalue weighted by molar-refractivity contribution is 5.30. The highest BCUT2D eigenvalue weighted by Crippen LogP contribution is 2.49. The first-order valence-corrected chi connectivity index (χ1v) is 7.35. The van der Waals surface area contributed by atoms with Crippen molar-refractivity contribution in [1.82, 2.24) is 10.3 Å². The number of nitrogens with one attached hydrogen (secondary N) is 1. The fourth-order valence-corrected chi connectivity index (χ4v) is 4.01. The van der Waals surface area contributed by atoms with Gasteiger partial charge >= 0.3 is 0 Å². The molecule has 19 heavy (non-hydrogen) atoms. The smallest absolute Gasteiger partial charge is 0.144 e. The molecule has 0 amide bonds. The molecule has 1 N–H and O–H groups in total. The Morgan fingerprint density at radius 1 is 1.47 bits per heavy atom. The van der Waals surface area contributed by atoms with Gasteiger partial charge in [0.15, 0.2) is 0 Å². The number of hydrogen-bond acceptors (Lipinski definition) is 3. The van der Waals surface area contributed by atoms with E-state index in [2.05, 4.69) is 23.3 Å². The number of pyridine rings is 1. The van der Waals surface area contributed by atoms with Crippen LogP contribution in [0.25, 0.3) is 0 Å². The van der Waals surface area contributed by atoms with E-state index in [0.29, 0.717) is 11.7 Å². The largest absolute Gasteiger partial charge is 0.310 e. The quantitative estimate of drug-likeness (QED) is 0.900. The van der Waals surface area contributed by atoms with E-state index in [1.807, 2.05) is 12.1 Å². The standard InChI is InChI=1S/C16H21N3/c1-11(15-8-12-4-5-13(15)7-12)19-10-14-3-2-6-18-16(14)9-17/h2-3,6,11-13,15,19H,4-5,7-8,10H2,1H3. The number of fused-ring (bicyclic) bond motifs is 2. The van der Waals surface area contributed by atoms with Gasteiger partial charge in [0, 0.05) is 24.3 Å².